The fourth-order valence-corrected chi connectivity index (χ4v) is 1.94. The monoisotopic (exact) mass is 311 g/mol. The third-order valence-corrected chi connectivity index (χ3v) is 3.20. The van der Waals surface area contributed by atoms with Crippen molar-refractivity contribution in [3.05, 3.63) is 70.9 Å². The van der Waals surface area contributed by atoms with Gasteiger partial charge in [0.05, 0.1) is 0 Å². The summed E-state index contributed by atoms with van der Waals surface area (Å²) < 4.78 is 0. The van der Waals surface area contributed by atoms with Crippen LogP contribution in [0, 0.1) is 18.3 Å². The first-order chi connectivity index (χ1) is 10.6. The van der Waals surface area contributed by atoms with Crippen molar-refractivity contribution in [1.82, 2.24) is 0 Å². The zero-order valence-electron chi connectivity index (χ0n) is 11.9. The molecule has 0 saturated carbocycles. The van der Waals surface area contributed by atoms with Crippen LogP contribution >= 0.6 is 11.6 Å². The molecule has 0 heterocycles. The van der Waals surface area contributed by atoms with E-state index in [1.54, 1.807) is 36.4 Å². The van der Waals surface area contributed by atoms with Crippen LogP contribution in [0.5, 0.6) is 0 Å². The maximum absolute atomic E-state index is 12.0. The molecule has 22 heavy (non-hydrogen) atoms. The highest BCUT2D eigenvalue weighted by atomic mass is 35.5. The third-order valence-electron chi connectivity index (χ3n) is 2.97. The van der Waals surface area contributed by atoms with Crippen LogP contribution in [0.2, 0.25) is 5.02 Å². The van der Waals surface area contributed by atoms with E-state index >= 15 is 0 Å². The molecule has 0 fully saturated rings. The predicted octanol–water partition coefficient (Wildman–Crippen LogP) is 4.11. The van der Waals surface area contributed by atoms with E-state index in [9.17, 15) is 4.79 Å². The summed E-state index contributed by atoms with van der Waals surface area (Å²) in [5.74, 6) is -0.471. The average molecular weight is 312 g/mol. The Labute approximate surface area is 134 Å². The van der Waals surface area contributed by atoms with Gasteiger partial charge in [-0.25, -0.2) is 0 Å². The maximum Gasteiger partial charge on any atom is 0.267 e. The van der Waals surface area contributed by atoms with Crippen molar-refractivity contribution in [3.8, 4) is 6.07 Å². The van der Waals surface area contributed by atoms with Gasteiger partial charge in [-0.15, -0.1) is 0 Å². The van der Waals surface area contributed by atoms with Crippen molar-refractivity contribution < 1.29 is 4.79 Å². The minimum Gasteiger partial charge on any atom is -0.360 e. The molecule has 0 unspecified atom stereocenters. The Balaban J connectivity index is 2.12. The SMILES string of the molecule is Cc1ccc(Cl)cc1N/C=C(\C#N)C(=O)Nc1ccccc1. The molecular weight excluding hydrogens is 298 g/mol. The molecule has 0 aliphatic rings. The van der Waals surface area contributed by atoms with Gasteiger partial charge < -0.3 is 10.6 Å². The lowest BCUT2D eigenvalue weighted by Crippen LogP contribution is -2.14. The van der Waals surface area contributed by atoms with E-state index in [4.69, 9.17) is 16.9 Å². The van der Waals surface area contributed by atoms with Crippen molar-refractivity contribution in [2.75, 3.05) is 10.6 Å². The number of para-hydroxylation sites is 1. The van der Waals surface area contributed by atoms with Gasteiger partial charge in [0.2, 0.25) is 0 Å². The lowest BCUT2D eigenvalue weighted by molar-refractivity contribution is -0.112. The van der Waals surface area contributed by atoms with E-state index in [0.29, 0.717) is 10.7 Å². The number of carbonyl (C=O) groups is 1. The second-order valence-electron chi connectivity index (χ2n) is 4.59. The van der Waals surface area contributed by atoms with Crippen LogP contribution in [0.3, 0.4) is 0 Å². The van der Waals surface area contributed by atoms with Gasteiger partial charge in [-0.05, 0) is 36.8 Å². The zero-order chi connectivity index (χ0) is 15.9. The Morgan fingerprint density at radius 3 is 2.64 bits per heavy atom. The molecular formula is C17H14ClN3O. The summed E-state index contributed by atoms with van der Waals surface area (Å²) in [6.07, 6.45) is 1.37. The highest BCUT2D eigenvalue weighted by molar-refractivity contribution is 6.30. The number of nitrogens with one attached hydrogen (secondary N) is 2. The van der Waals surface area contributed by atoms with Crippen molar-refractivity contribution in [2.24, 2.45) is 0 Å². The lowest BCUT2D eigenvalue weighted by Gasteiger charge is -2.07. The summed E-state index contributed by atoms with van der Waals surface area (Å²) in [4.78, 5) is 12.0. The molecule has 0 aliphatic heterocycles. The van der Waals surface area contributed by atoms with Gasteiger partial charge in [-0.3, -0.25) is 4.79 Å². The first kappa shape index (κ1) is 15.6. The van der Waals surface area contributed by atoms with Gasteiger partial charge in [0.15, 0.2) is 0 Å². The minimum atomic E-state index is -0.471. The van der Waals surface area contributed by atoms with Crippen LogP contribution < -0.4 is 10.6 Å². The Hall–Kier alpha value is -2.77. The quantitative estimate of drug-likeness (QED) is 0.660. The topological polar surface area (TPSA) is 64.9 Å². The molecule has 1 amide bonds. The number of hydrogen-bond donors (Lipinski definition) is 2. The number of hydrogen-bond acceptors (Lipinski definition) is 3. The van der Waals surface area contributed by atoms with E-state index in [1.807, 2.05) is 25.1 Å². The second-order valence-corrected chi connectivity index (χ2v) is 5.03. The Kier molecular flexibility index (Phi) is 5.18. The third kappa shape index (κ3) is 4.11. The summed E-state index contributed by atoms with van der Waals surface area (Å²) in [6.45, 7) is 1.91. The van der Waals surface area contributed by atoms with Crippen molar-refractivity contribution in [3.63, 3.8) is 0 Å². The van der Waals surface area contributed by atoms with Crippen molar-refractivity contribution in [1.29, 1.82) is 5.26 Å². The minimum absolute atomic E-state index is 0.0248. The van der Waals surface area contributed by atoms with Crippen LogP contribution in [-0.4, -0.2) is 5.91 Å². The molecule has 2 N–H and O–H groups in total. The number of nitrogens with zero attached hydrogens (tertiary/aromatic N) is 1. The number of benzene rings is 2. The molecule has 110 valence electrons. The number of amides is 1. The number of halogens is 1. The van der Waals surface area contributed by atoms with E-state index in [2.05, 4.69) is 10.6 Å². The predicted molar refractivity (Wildman–Crippen MR) is 88.6 cm³/mol. The highest BCUT2D eigenvalue weighted by Crippen LogP contribution is 2.20. The maximum atomic E-state index is 12.0. The Bertz CT molecular complexity index is 748. The first-order valence-electron chi connectivity index (χ1n) is 6.59. The summed E-state index contributed by atoms with van der Waals surface area (Å²) in [5.41, 5.74) is 2.31. The molecule has 4 nitrogen and oxygen atoms in total. The first-order valence-corrected chi connectivity index (χ1v) is 6.97. The van der Waals surface area contributed by atoms with E-state index < -0.39 is 5.91 Å². The van der Waals surface area contributed by atoms with E-state index in [-0.39, 0.29) is 5.57 Å². The van der Waals surface area contributed by atoms with E-state index in [0.717, 1.165) is 11.3 Å². The molecule has 0 atom stereocenters. The molecule has 2 rings (SSSR count). The van der Waals surface area contributed by atoms with Crippen LogP contribution in [0.25, 0.3) is 0 Å². The summed E-state index contributed by atoms with van der Waals surface area (Å²) in [6, 6.07) is 16.2. The Morgan fingerprint density at radius 1 is 1.23 bits per heavy atom. The number of aryl methyl sites for hydroxylation is 1. The molecule has 2 aromatic rings. The number of carbonyl (C=O) groups excluding carboxylic acids is 1. The smallest absolute Gasteiger partial charge is 0.267 e. The van der Waals surface area contributed by atoms with Gasteiger partial charge in [-0.2, -0.15) is 5.26 Å². The number of anilines is 2. The second kappa shape index (κ2) is 7.30. The zero-order valence-corrected chi connectivity index (χ0v) is 12.7. The van der Waals surface area contributed by atoms with Gasteiger partial charge in [-0.1, -0.05) is 35.9 Å². The molecule has 0 aliphatic carbocycles. The van der Waals surface area contributed by atoms with Crippen LogP contribution in [0.15, 0.2) is 60.3 Å². The largest absolute Gasteiger partial charge is 0.360 e. The summed E-state index contributed by atoms with van der Waals surface area (Å²) in [7, 11) is 0. The highest BCUT2D eigenvalue weighted by Gasteiger charge is 2.09. The summed E-state index contributed by atoms with van der Waals surface area (Å²) >= 11 is 5.93. The molecule has 0 bridgehead atoms. The molecule has 0 spiro atoms. The fourth-order valence-electron chi connectivity index (χ4n) is 1.77. The van der Waals surface area contributed by atoms with Crippen molar-refractivity contribution >= 4 is 28.9 Å². The molecule has 0 radical (unpaired) electrons. The molecule has 2 aromatic carbocycles. The normalized spacial score (nSPS) is 10.7. The van der Waals surface area contributed by atoms with Gasteiger partial charge >= 0.3 is 0 Å². The number of nitriles is 1. The van der Waals surface area contributed by atoms with Crippen LogP contribution in [0.1, 0.15) is 5.56 Å². The number of rotatable bonds is 4. The van der Waals surface area contributed by atoms with E-state index in [1.165, 1.54) is 6.20 Å². The standard InChI is InChI=1S/C17H14ClN3O/c1-12-7-8-14(18)9-16(12)20-11-13(10-19)17(22)21-15-5-3-2-4-6-15/h2-9,11,20H,1H3,(H,21,22)/b13-11+. The molecule has 0 aromatic heterocycles. The average Bonchev–Trinajstić information content (AvgIpc) is 2.52. The molecule has 0 saturated heterocycles. The van der Waals surface area contributed by atoms with Crippen molar-refractivity contribution in [2.45, 2.75) is 6.92 Å². The lowest BCUT2D eigenvalue weighted by atomic mass is 10.2. The van der Waals surface area contributed by atoms with Crippen LogP contribution in [0.4, 0.5) is 11.4 Å². The van der Waals surface area contributed by atoms with Gasteiger partial charge in [0.25, 0.3) is 5.91 Å². The van der Waals surface area contributed by atoms with Gasteiger partial charge in [0, 0.05) is 22.6 Å². The molecule has 5 heteroatoms. The Morgan fingerprint density at radius 2 is 1.95 bits per heavy atom. The van der Waals surface area contributed by atoms with Gasteiger partial charge in [0.1, 0.15) is 11.6 Å². The van der Waals surface area contributed by atoms with Crippen LogP contribution in [-0.2, 0) is 4.79 Å². The fraction of sp³-hybridized carbons (Fsp3) is 0.0588. The summed E-state index contributed by atoms with van der Waals surface area (Å²) in [5, 5.41) is 15.3.